The molecule has 0 saturated carbocycles. The Morgan fingerprint density at radius 1 is 1.21 bits per heavy atom. The summed E-state index contributed by atoms with van der Waals surface area (Å²) in [5.41, 5.74) is 2.01. The van der Waals surface area contributed by atoms with Gasteiger partial charge in [0.05, 0.1) is 0 Å². The van der Waals surface area contributed by atoms with Gasteiger partial charge in [0.25, 0.3) is 0 Å². The van der Waals surface area contributed by atoms with Gasteiger partial charge in [-0.3, -0.25) is 0 Å². The number of nitrogens with zero attached hydrogens (tertiary/aromatic N) is 1. The Kier molecular flexibility index (Phi) is 2.56. The van der Waals surface area contributed by atoms with E-state index < -0.39 is 0 Å². The van der Waals surface area contributed by atoms with Crippen LogP contribution in [0.4, 0.5) is 0 Å². The topological polar surface area (TPSA) is 3.24 Å². The van der Waals surface area contributed by atoms with E-state index in [-0.39, 0.29) is 0 Å². The first-order valence-corrected chi connectivity index (χ1v) is 5.50. The summed E-state index contributed by atoms with van der Waals surface area (Å²) in [7, 11) is 0. The molecule has 0 bridgehead atoms. The van der Waals surface area contributed by atoms with Gasteiger partial charge >= 0.3 is 0 Å². The van der Waals surface area contributed by atoms with E-state index in [1.54, 1.807) is 0 Å². The monoisotopic (exact) mass is 241 g/mol. The van der Waals surface area contributed by atoms with Crippen LogP contribution >= 0.6 is 36.0 Å². The highest BCUT2D eigenvalue weighted by Gasteiger charge is 2.27. The van der Waals surface area contributed by atoms with E-state index in [9.17, 15) is 0 Å². The average Bonchev–Trinajstić information content (AvgIpc) is 2.39. The van der Waals surface area contributed by atoms with Gasteiger partial charge in [-0.2, -0.15) is 0 Å². The quantitative estimate of drug-likeness (QED) is 0.696. The van der Waals surface area contributed by atoms with Crippen molar-refractivity contribution in [1.29, 1.82) is 0 Å². The fourth-order valence-corrected chi connectivity index (χ4v) is 2.57. The van der Waals surface area contributed by atoms with Crippen LogP contribution < -0.4 is 0 Å². The molecule has 0 atom stereocenters. The van der Waals surface area contributed by atoms with Crippen LogP contribution in [-0.4, -0.2) is 21.4 Å². The van der Waals surface area contributed by atoms with Crippen molar-refractivity contribution in [3.05, 3.63) is 34.3 Å². The zero-order valence-electron chi connectivity index (χ0n) is 7.58. The Labute approximate surface area is 98.7 Å². The number of thiocarbonyl (C=S) groups is 2. The lowest BCUT2D eigenvalue weighted by atomic mass is 10.1. The molecule has 1 aromatic rings. The van der Waals surface area contributed by atoms with Crippen molar-refractivity contribution >= 4 is 46.0 Å². The van der Waals surface area contributed by atoms with E-state index >= 15 is 0 Å². The highest BCUT2D eigenvalue weighted by atomic mass is 35.5. The number of benzene rings is 1. The molecule has 72 valence electrons. The zero-order valence-corrected chi connectivity index (χ0v) is 9.97. The molecule has 1 heterocycles. The Balaban J connectivity index is 2.58. The molecule has 0 N–H and O–H groups in total. The van der Waals surface area contributed by atoms with Crippen molar-refractivity contribution in [1.82, 2.24) is 4.90 Å². The highest BCUT2D eigenvalue weighted by molar-refractivity contribution is 7.82. The van der Waals surface area contributed by atoms with Crippen LogP contribution in [0.3, 0.4) is 0 Å². The molecule has 1 nitrogen and oxygen atoms in total. The summed E-state index contributed by atoms with van der Waals surface area (Å²) in [6, 6.07) is 5.65. The van der Waals surface area contributed by atoms with Gasteiger partial charge in [0, 0.05) is 22.7 Å². The van der Waals surface area contributed by atoms with E-state index in [2.05, 4.69) is 0 Å². The third kappa shape index (κ3) is 1.36. The summed E-state index contributed by atoms with van der Waals surface area (Å²) >= 11 is 16.5. The third-order valence-electron chi connectivity index (χ3n) is 2.25. The molecule has 0 amide bonds. The number of rotatable bonds is 1. The second-order valence-corrected chi connectivity index (χ2v) is 4.25. The third-order valence-corrected chi connectivity index (χ3v) is 3.36. The van der Waals surface area contributed by atoms with Crippen molar-refractivity contribution in [3.63, 3.8) is 0 Å². The lowest BCUT2D eigenvalue weighted by molar-refractivity contribution is 0.679. The van der Waals surface area contributed by atoms with Crippen molar-refractivity contribution in [2.45, 2.75) is 6.92 Å². The van der Waals surface area contributed by atoms with Crippen LogP contribution in [0.15, 0.2) is 18.2 Å². The SMILES string of the molecule is CCN1C(=S)c2ccc(Cl)cc2C1=S. The van der Waals surface area contributed by atoms with Crippen molar-refractivity contribution in [2.75, 3.05) is 6.54 Å². The van der Waals surface area contributed by atoms with Crippen LogP contribution in [0.1, 0.15) is 18.1 Å². The maximum atomic E-state index is 5.91. The minimum absolute atomic E-state index is 0.701. The number of fused-ring (bicyclic) bond motifs is 1. The van der Waals surface area contributed by atoms with Gasteiger partial charge in [-0.25, -0.2) is 0 Å². The number of halogens is 1. The molecule has 0 aromatic heterocycles. The second-order valence-electron chi connectivity index (χ2n) is 3.04. The maximum absolute atomic E-state index is 5.91. The molecule has 1 aliphatic rings. The molecule has 0 aliphatic carbocycles. The summed E-state index contributed by atoms with van der Waals surface area (Å²) in [4.78, 5) is 3.55. The van der Waals surface area contributed by atoms with Crippen LogP contribution in [0.25, 0.3) is 0 Å². The number of hydrogen-bond acceptors (Lipinski definition) is 2. The fraction of sp³-hybridized carbons (Fsp3) is 0.200. The molecule has 0 saturated heterocycles. The van der Waals surface area contributed by atoms with Crippen LogP contribution in [0, 0.1) is 0 Å². The molecule has 1 aromatic carbocycles. The largest absolute Gasteiger partial charge is 0.323 e. The molecular formula is C10H8ClNS2. The summed E-state index contributed by atoms with van der Waals surface area (Å²) in [5, 5.41) is 0.701. The lowest BCUT2D eigenvalue weighted by Gasteiger charge is -2.14. The molecule has 0 spiro atoms. The predicted molar refractivity (Wildman–Crippen MR) is 67.2 cm³/mol. The van der Waals surface area contributed by atoms with Gasteiger partial charge in [0.2, 0.25) is 0 Å². The molecule has 1 aliphatic heterocycles. The summed E-state index contributed by atoms with van der Waals surface area (Å²) in [5.74, 6) is 0. The Morgan fingerprint density at radius 2 is 1.86 bits per heavy atom. The van der Waals surface area contributed by atoms with E-state index in [4.69, 9.17) is 36.0 Å². The van der Waals surface area contributed by atoms with Crippen molar-refractivity contribution in [3.8, 4) is 0 Å². The van der Waals surface area contributed by atoms with Gasteiger partial charge in [-0.05, 0) is 25.1 Å². The Hall–Kier alpha value is -0.510. The molecule has 0 unspecified atom stereocenters. The maximum Gasteiger partial charge on any atom is 0.115 e. The van der Waals surface area contributed by atoms with E-state index in [0.29, 0.717) is 5.02 Å². The van der Waals surface area contributed by atoms with Crippen molar-refractivity contribution < 1.29 is 0 Å². The Bertz CT molecular complexity index is 428. The van der Waals surface area contributed by atoms with E-state index in [1.807, 2.05) is 30.0 Å². The fourth-order valence-electron chi connectivity index (χ4n) is 1.55. The van der Waals surface area contributed by atoms with Gasteiger partial charge in [-0.1, -0.05) is 36.0 Å². The van der Waals surface area contributed by atoms with E-state index in [0.717, 1.165) is 27.6 Å². The summed E-state index contributed by atoms with van der Waals surface area (Å²) < 4.78 is 0. The van der Waals surface area contributed by atoms with Crippen LogP contribution in [0.5, 0.6) is 0 Å². The van der Waals surface area contributed by atoms with Crippen LogP contribution in [-0.2, 0) is 0 Å². The first-order valence-electron chi connectivity index (χ1n) is 4.31. The molecular weight excluding hydrogens is 234 g/mol. The van der Waals surface area contributed by atoms with Gasteiger partial charge < -0.3 is 4.90 Å². The zero-order chi connectivity index (χ0) is 10.3. The summed E-state index contributed by atoms with van der Waals surface area (Å²) in [6.07, 6.45) is 0. The molecule has 14 heavy (non-hydrogen) atoms. The van der Waals surface area contributed by atoms with Crippen molar-refractivity contribution in [2.24, 2.45) is 0 Å². The lowest BCUT2D eigenvalue weighted by Crippen LogP contribution is -2.27. The van der Waals surface area contributed by atoms with E-state index in [1.165, 1.54) is 0 Å². The van der Waals surface area contributed by atoms with Gasteiger partial charge in [0.15, 0.2) is 0 Å². The first-order chi connectivity index (χ1) is 6.65. The predicted octanol–water partition coefficient (Wildman–Crippen LogP) is 3.03. The molecule has 0 fully saturated rings. The average molecular weight is 242 g/mol. The first kappa shape index (κ1) is 10.0. The normalized spacial score (nSPS) is 14.9. The smallest absolute Gasteiger partial charge is 0.115 e. The van der Waals surface area contributed by atoms with Gasteiger partial charge in [0.1, 0.15) is 9.98 Å². The minimum Gasteiger partial charge on any atom is -0.323 e. The molecule has 4 heteroatoms. The summed E-state index contributed by atoms with van der Waals surface area (Å²) in [6.45, 7) is 2.84. The molecule has 0 radical (unpaired) electrons. The van der Waals surface area contributed by atoms with Gasteiger partial charge in [-0.15, -0.1) is 0 Å². The Morgan fingerprint density at radius 3 is 2.50 bits per heavy atom. The standard InChI is InChI=1S/C10H8ClNS2/c1-2-12-9(13)7-4-3-6(11)5-8(7)10(12)14/h3-5H,2H2,1H3. The minimum atomic E-state index is 0.701. The molecule has 2 rings (SSSR count). The van der Waals surface area contributed by atoms with Crippen LogP contribution in [0.2, 0.25) is 5.02 Å². The highest BCUT2D eigenvalue weighted by Crippen LogP contribution is 2.26. The number of hydrogen-bond donors (Lipinski definition) is 0. The second kappa shape index (κ2) is 3.57.